The Balaban J connectivity index is 3.00. The second-order valence-corrected chi connectivity index (χ2v) is 4.45. The van der Waals surface area contributed by atoms with E-state index in [1.165, 1.54) is 11.3 Å². The number of thiazole rings is 1. The Kier molecular flexibility index (Phi) is 2.83. The Morgan fingerprint density at radius 3 is 2.69 bits per heavy atom. The molecule has 0 amide bonds. The number of aliphatic hydroxyl groups excluding tert-OH is 1. The molecule has 1 aromatic heterocycles. The lowest BCUT2D eigenvalue weighted by Crippen LogP contribution is -2.30. The van der Waals surface area contributed by atoms with E-state index in [-0.39, 0.29) is 5.41 Å². The molecule has 1 rings (SSSR count). The Bertz CT molecular complexity index is 304. The van der Waals surface area contributed by atoms with Crippen LogP contribution in [0.25, 0.3) is 0 Å². The van der Waals surface area contributed by atoms with Crippen molar-refractivity contribution in [1.82, 2.24) is 4.98 Å². The smallest absolute Gasteiger partial charge is 0.169 e. The van der Waals surface area contributed by atoms with Gasteiger partial charge in [-0.2, -0.15) is 0 Å². The summed E-state index contributed by atoms with van der Waals surface area (Å²) >= 11 is 1.41. The van der Waals surface area contributed by atoms with Gasteiger partial charge in [-0.15, -0.1) is 11.3 Å². The lowest BCUT2D eigenvalue weighted by Gasteiger charge is -2.24. The van der Waals surface area contributed by atoms with Gasteiger partial charge in [0.25, 0.3) is 0 Å². The van der Waals surface area contributed by atoms with E-state index >= 15 is 0 Å². The van der Waals surface area contributed by atoms with Gasteiger partial charge in [-0.3, -0.25) is 4.79 Å². The van der Waals surface area contributed by atoms with Gasteiger partial charge < -0.3 is 5.11 Å². The molecule has 1 atom stereocenters. The summed E-state index contributed by atoms with van der Waals surface area (Å²) in [6.45, 7) is 5.54. The van der Waals surface area contributed by atoms with Crippen LogP contribution in [0.1, 0.15) is 36.3 Å². The van der Waals surface area contributed by atoms with Gasteiger partial charge in [-0.05, 0) is 6.92 Å². The monoisotopic (exact) mass is 199 g/mol. The van der Waals surface area contributed by atoms with Crippen LogP contribution in [-0.2, 0) is 5.41 Å². The molecule has 0 spiro atoms. The number of carbonyl (C=O) groups is 1. The Morgan fingerprint density at radius 1 is 1.69 bits per heavy atom. The van der Waals surface area contributed by atoms with Crippen LogP contribution in [0.3, 0.4) is 0 Å². The summed E-state index contributed by atoms with van der Waals surface area (Å²) in [6, 6.07) is 0. The van der Waals surface area contributed by atoms with Gasteiger partial charge in [-0.1, -0.05) is 13.8 Å². The first-order chi connectivity index (χ1) is 5.98. The maximum Gasteiger partial charge on any atom is 0.169 e. The number of rotatable bonds is 3. The van der Waals surface area contributed by atoms with Gasteiger partial charge in [0.05, 0.1) is 6.10 Å². The molecule has 0 bridgehead atoms. The maximum absolute atomic E-state index is 10.4. The molecule has 0 aliphatic heterocycles. The maximum atomic E-state index is 10.4. The minimum Gasteiger partial charge on any atom is -0.392 e. The molecule has 13 heavy (non-hydrogen) atoms. The number of aldehydes is 1. The highest BCUT2D eigenvalue weighted by atomic mass is 32.1. The zero-order chi connectivity index (χ0) is 10.1. The molecular formula is C9H13NO2S. The average molecular weight is 199 g/mol. The van der Waals surface area contributed by atoms with Crippen LogP contribution in [0, 0.1) is 0 Å². The summed E-state index contributed by atoms with van der Waals surface area (Å²) in [6.07, 6.45) is 0.246. The fourth-order valence-electron chi connectivity index (χ4n) is 0.815. The van der Waals surface area contributed by atoms with Crippen molar-refractivity contribution in [3.8, 4) is 0 Å². The van der Waals surface area contributed by atoms with Gasteiger partial charge in [0.1, 0.15) is 10.7 Å². The minimum absolute atomic E-state index is 0.383. The van der Waals surface area contributed by atoms with E-state index in [4.69, 9.17) is 0 Å². The first-order valence-corrected chi connectivity index (χ1v) is 4.95. The van der Waals surface area contributed by atoms with Crippen molar-refractivity contribution in [3.63, 3.8) is 0 Å². The van der Waals surface area contributed by atoms with Crippen molar-refractivity contribution in [2.45, 2.75) is 32.3 Å². The summed E-state index contributed by atoms with van der Waals surface area (Å²) in [5.74, 6) is 0. The van der Waals surface area contributed by atoms with Crippen LogP contribution in [0.15, 0.2) is 5.38 Å². The summed E-state index contributed by atoms with van der Waals surface area (Å²) in [5.41, 5.74) is 0.0556. The van der Waals surface area contributed by atoms with Crippen molar-refractivity contribution in [2.24, 2.45) is 0 Å². The zero-order valence-corrected chi connectivity index (χ0v) is 8.76. The second kappa shape index (κ2) is 3.55. The van der Waals surface area contributed by atoms with E-state index in [1.54, 1.807) is 12.3 Å². The zero-order valence-electron chi connectivity index (χ0n) is 7.94. The van der Waals surface area contributed by atoms with Crippen LogP contribution in [-0.4, -0.2) is 22.5 Å². The molecule has 0 saturated carbocycles. The molecule has 1 N–H and O–H groups in total. The van der Waals surface area contributed by atoms with Gasteiger partial charge in [0.2, 0.25) is 0 Å². The molecular weight excluding hydrogens is 186 g/mol. The third-order valence-corrected chi connectivity index (χ3v) is 3.44. The van der Waals surface area contributed by atoms with E-state index in [9.17, 15) is 9.90 Å². The summed E-state index contributed by atoms with van der Waals surface area (Å²) in [7, 11) is 0. The third-order valence-electron chi connectivity index (χ3n) is 2.24. The molecule has 0 fully saturated rings. The summed E-state index contributed by atoms with van der Waals surface area (Å²) < 4.78 is 0. The fourth-order valence-corrected chi connectivity index (χ4v) is 1.79. The van der Waals surface area contributed by atoms with Gasteiger partial charge in [0.15, 0.2) is 6.29 Å². The van der Waals surface area contributed by atoms with Crippen molar-refractivity contribution in [3.05, 3.63) is 16.1 Å². The van der Waals surface area contributed by atoms with Gasteiger partial charge >= 0.3 is 0 Å². The molecule has 4 heteroatoms. The standard InChI is InChI=1S/C9H13NO2S/c1-6(12)9(2,3)8-10-7(4-11)5-13-8/h4-6,12H,1-3H3. The highest BCUT2D eigenvalue weighted by Crippen LogP contribution is 2.29. The number of hydrogen-bond donors (Lipinski definition) is 1. The second-order valence-electron chi connectivity index (χ2n) is 3.59. The number of aromatic nitrogens is 1. The average Bonchev–Trinajstić information content (AvgIpc) is 2.51. The summed E-state index contributed by atoms with van der Waals surface area (Å²) in [4.78, 5) is 14.5. The Morgan fingerprint density at radius 2 is 2.31 bits per heavy atom. The first-order valence-electron chi connectivity index (χ1n) is 4.07. The van der Waals surface area contributed by atoms with Crippen molar-refractivity contribution < 1.29 is 9.90 Å². The topological polar surface area (TPSA) is 50.2 Å². The van der Waals surface area contributed by atoms with E-state index in [0.29, 0.717) is 5.69 Å². The number of nitrogens with zero attached hydrogens (tertiary/aromatic N) is 1. The largest absolute Gasteiger partial charge is 0.392 e. The lowest BCUT2D eigenvalue weighted by atomic mass is 9.88. The molecule has 0 radical (unpaired) electrons. The highest BCUT2D eigenvalue weighted by Gasteiger charge is 2.29. The minimum atomic E-state index is -0.474. The number of hydrogen-bond acceptors (Lipinski definition) is 4. The summed E-state index contributed by atoms with van der Waals surface area (Å²) in [5, 5.41) is 12.0. The first kappa shape index (κ1) is 10.3. The molecule has 3 nitrogen and oxygen atoms in total. The van der Waals surface area contributed by atoms with Crippen LogP contribution in [0.2, 0.25) is 0 Å². The Labute approximate surface area is 81.4 Å². The lowest BCUT2D eigenvalue weighted by molar-refractivity contribution is 0.111. The predicted octanol–water partition coefficient (Wildman–Crippen LogP) is 1.61. The van der Waals surface area contributed by atoms with E-state index in [1.807, 2.05) is 13.8 Å². The molecule has 1 unspecified atom stereocenters. The normalized spacial score (nSPS) is 14.2. The molecule has 0 aliphatic rings. The molecule has 0 saturated heterocycles. The van der Waals surface area contributed by atoms with Crippen LogP contribution < -0.4 is 0 Å². The number of carbonyl (C=O) groups excluding carboxylic acids is 1. The van der Waals surface area contributed by atoms with E-state index < -0.39 is 6.10 Å². The van der Waals surface area contributed by atoms with E-state index in [2.05, 4.69) is 4.98 Å². The Hall–Kier alpha value is -0.740. The molecule has 72 valence electrons. The van der Waals surface area contributed by atoms with Crippen molar-refractivity contribution in [2.75, 3.05) is 0 Å². The van der Waals surface area contributed by atoms with Crippen LogP contribution in [0.4, 0.5) is 0 Å². The van der Waals surface area contributed by atoms with Crippen molar-refractivity contribution in [1.29, 1.82) is 0 Å². The SMILES string of the molecule is CC(O)C(C)(C)c1nc(C=O)cs1. The molecule has 0 aromatic carbocycles. The molecule has 1 aromatic rings. The fraction of sp³-hybridized carbons (Fsp3) is 0.556. The molecule has 0 aliphatic carbocycles. The quantitative estimate of drug-likeness (QED) is 0.752. The van der Waals surface area contributed by atoms with Gasteiger partial charge in [0, 0.05) is 10.8 Å². The van der Waals surface area contributed by atoms with Crippen molar-refractivity contribution >= 4 is 17.6 Å². The van der Waals surface area contributed by atoms with Crippen LogP contribution >= 0.6 is 11.3 Å². The van der Waals surface area contributed by atoms with Crippen LogP contribution in [0.5, 0.6) is 0 Å². The highest BCUT2D eigenvalue weighted by molar-refractivity contribution is 7.10. The molecule has 1 heterocycles. The number of aliphatic hydroxyl groups is 1. The third kappa shape index (κ3) is 1.95. The predicted molar refractivity (Wildman–Crippen MR) is 52.2 cm³/mol. The van der Waals surface area contributed by atoms with Gasteiger partial charge in [-0.25, -0.2) is 4.98 Å². The van der Waals surface area contributed by atoms with E-state index in [0.717, 1.165) is 11.3 Å².